The van der Waals surface area contributed by atoms with Crippen LogP contribution in [-0.4, -0.2) is 36.4 Å². The molecular weight excluding hydrogens is 358 g/mol. The maximum absolute atomic E-state index is 12.8. The van der Waals surface area contributed by atoms with Crippen LogP contribution in [0.2, 0.25) is 0 Å². The number of carbonyl (C=O) groups is 1. The molecule has 7 heteroatoms. The molecule has 2 atom stereocenters. The minimum atomic E-state index is -3.71. The van der Waals surface area contributed by atoms with Crippen LogP contribution in [-0.2, 0) is 14.8 Å². The van der Waals surface area contributed by atoms with Crippen molar-refractivity contribution in [2.45, 2.75) is 37.6 Å². The lowest BCUT2D eigenvalue weighted by atomic mass is 9.92. The molecule has 1 aromatic carbocycles. The van der Waals surface area contributed by atoms with Gasteiger partial charge in [-0.3, -0.25) is 4.79 Å². The number of sulfonamides is 1. The standard InChI is InChI=1S/C14H18BrNO4S/c1-9-5-3-7-12(13(9)15)21(19,20)16-8-4-6-11(10(16)2)14(17)18/h3,5,7,10-11H,4,6,8H2,1-2H3,(H,17,18)/t10-,11-/m1/s1. The molecule has 0 unspecified atom stereocenters. The first-order valence-electron chi connectivity index (χ1n) is 6.76. The number of rotatable bonds is 3. The van der Waals surface area contributed by atoms with Gasteiger partial charge in [0.25, 0.3) is 0 Å². The Morgan fingerprint density at radius 2 is 2.10 bits per heavy atom. The van der Waals surface area contributed by atoms with Gasteiger partial charge in [0.1, 0.15) is 0 Å². The number of halogens is 1. The smallest absolute Gasteiger partial charge is 0.308 e. The summed E-state index contributed by atoms with van der Waals surface area (Å²) in [5, 5.41) is 9.23. The maximum Gasteiger partial charge on any atom is 0.308 e. The summed E-state index contributed by atoms with van der Waals surface area (Å²) in [5.74, 6) is -1.59. The fourth-order valence-corrected chi connectivity index (χ4v) is 5.45. The van der Waals surface area contributed by atoms with Gasteiger partial charge in [0.2, 0.25) is 10.0 Å². The molecule has 0 bridgehead atoms. The molecule has 116 valence electrons. The number of carboxylic acid groups (broad SMARTS) is 1. The molecule has 0 radical (unpaired) electrons. The molecule has 1 heterocycles. The third-order valence-electron chi connectivity index (χ3n) is 3.99. The minimum absolute atomic E-state index is 0.195. The van der Waals surface area contributed by atoms with Crippen molar-refractivity contribution in [3.63, 3.8) is 0 Å². The molecule has 0 aliphatic carbocycles. The Morgan fingerprint density at radius 3 is 2.71 bits per heavy atom. The zero-order valence-electron chi connectivity index (χ0n) is 11.9. The lowest BCUT2D eigenvalue weighted by Crippen LogP contribution is -2.49. The molecule has 1 fully saturated rings. The van der Waals surface area contributed by atoms with Gasteiger partial charge in [0, 0.05) is 17.1 Å². The van der Waals surface area contributed by atoms with Crippen molar-refractivity contribution in [1.29, 1.82) is 0 Å². The topological polar surface area (TPSA) is 74.7 Å². The van der Waals surface area contributed by atoms with E-state index >= 15 is 0 Å². The summed E-state index contributed by atoms with van der Waals surface area (Å²) in [6.45, 7) is 3.84. The van der Waals surface area contributed by atoms with Crippen molar-refractivity contribution < 1.29 is 18.3 Å². The summed E-state index contributed by atoms with van der Waals surface area (Å²) in [6, 6.07) is 4.51. The normalized spacial score (nSPS) is 24.0. The van der Waals surface area contributed by atoms with Crippen LogP contribution >= 0.6 is 15.9 Å². The molecule has 5 nitrogen and oxygen atoms in total. The van der Waals surface area contributed by atoms with Crippen molar-refractivity contribution in [2.75, 3.05) is 6.54 Å². The Bertz CT molecular complexity index is 659. The molecular formula is C14H18BrNO4S. The highest BCUT2D eigenvalue weighted by Gasteiger charge is 2.40. The average molecular weight is 376 g/mol. The van der Waals surface area contributed by atoms with E-state index in [0.29, 0.717) is 23.9 Å². The van der Waals surface area contributed by atoms with Gasteiger partial charge in [0.05, 0.1) is 10.8 Å². The lowest BCUT2D eigenvalue weighted by molar-refractivity contribution is -0.144. The predicted molar refractivity (Wildman–Crippen MR) is 82.6 cm³/mol. The first-order chi connectivity index (χ1) is 9.76. The summed E-state index contributed by atoms with van der Waals surface area (Å²) < 4.78 is 27.5. The van der Waals surface area contributed by atoms with Crippen molar-refractivity contribution in [1.82, 2.24) is 4.31 Å². The van der Waals surface area contributed by atoms with Gasteiger partial charge in [0.15, 0.2) is 0 Å². The molecule has 0 saturated carbocycles. The van der Waals surface area contributed by atoms with Crippen LogP contribution in [0.25, 0.3) is 0 Å². The monoisotopic (exact) mass is 375 g/mol. The number of hydrogen-bond donors (Lipinski definition) is 1. The van der Waals surface area contributed by atoms with Crippen LogP contribution in [0.15, 0.2) is 27.6 Å². The molecule has 1 saturated heterocycles. The van der Waals surface area contributed by atoms with Gasteiger partial charge in [-0.15, -0.1) is 0 Å². The molecule has 0 spiro atoms. The fraction of sp³-hybridized carbons (Fsp3) is 0.500. The third-order valence-corrected chi connectivity index (χ3v) is 7.33. The van der Waals surface area contributed by atoms with E-state index in [1.807, 2.05) is 13.0 Å². The first-order valence-corrected chi connectivity index (χ1v) is 9.00. The highest BCUT2D eigenvalue weighted by Crippen LogP contribution is 2.33. The maximum atomic E-state index is 12.8. The third kappa shape index (κ3) is 3.00. The highest BCUT2D eigenvalue weighted by atomic mass is 79.9. The second kappa shape index (κ2) is 6.06. The number of hydrogen-bond acceptors (Lipinski definition) is 3. The number of aryl methyl sites for hydroxylation is 1. The van der Waals surface area contributed by atoms with Gasteiger partial charge in [-0.25, -0.2) is 8.42 Å². The van der Waals surface area contributed by atoms with Gasteiger partial charge in [-0.2, -0.15) is 4.31 Å². The zero-order chi connectivity index (χ0) is 15.8. The Hall–Kier alpha value is -0.920. The second-order valence-electron chi connectivity index (χ2n) is 5.33. The van der Waals surface area contributed by atoms with Gasteiger partial charge in [-0.1, -0.05) is 12.1 Å². The molecule has 0 aromatic heterocycles. The van der Waals surface area contributed by atoms with Crippen LogP contribution in [0.4, 0.5) is 0 Å². The van der Waals surface area contributed by atoms with E-state index in [1.165, 1.54) is 4.31 Å². The largest absolute Gasteiger partial charge is 0.481 e. The van der Waals surface area contributed by atoms with E-state index in [-0.39, 0.29) is 4.90 Å². The average Bonchev–Trinajstić information content (AvgIpc) is 2.41. The van der Waals surface area contributed by atoms with Crippen LogP contribution in [0.3, 0.4) is 0 Å². The summed E-state index contributed by atoms with van der Waals surface area (Å²) in [4.78, 5) is 11.5. The quantitative estimate of drug-likeness (QED) is 0.880. The van der Waals surface area contributed by atoms with Crippen molar-refractivity contribution in [3.8, 4) is 0 Å². The van der Waals surface area contributed by atoms with Gasteiger partial charge in [-0.05, 0) is 54.2 Å². The van der Waals surface area contributed by atoms with Crippen molar-refractivity contribution in [3.05, 3.63) is 28.2 Å². The van der Waals surface area contributed by atoms with E-state index in [4.69, 9.17) is 0 Å². The predicted octanol–water partition coefficient (Wildman–Crippen LogP) is 2.63. The van der Waals surface area contributed by atoms with Crippen LogP contribution in [0.1, 0.15) is 25.3 Å². The Labute approximate surface area is 133 Å². The van der Waals surface area contributed by atoms with Crippen molar-refractivity contribution >= 4 is 31.9 Å². The number of nitrogens with zero attached hydrogens (tertiary/aromatic N) is 1. The number of benzene rings is 1. The van der Waals surface area contributed by atoms with Crippen LogP contribution in [0.5, 0.6) is 0 Å². The minimum Gasteiger partial charge on any atom is -0.481 e. The van der Waals surface area contributed by atoms with Crippen LogP contribution < -0.4 is 0 Å². The SMILES string of the molecule is Cc1cccc(S(=O)(=O)N2CCC[C@@H](C(=O)O)[C@H]2C)c1Br. The first kappa shape index (κ1) is 16.5. The summed E-state index contributed by atoms with van der Waals surface area (Å²) in [5.41, 5.74) is 0.829. The molecule has 1 aliphatic heterocycles. The summed E-state index contributed by atoms with van der Waals surface area (Å²) in [6.07, 6.45) is 1.07. The zero-order valence-corrected chi connectivity index (χ0v) is 14.3. The molecule has 2 rings (SSSR count). The van der Waals surface area contributed by atoms with E-state index in [1.54, 1.807) is 19.1 Å². The van der Waals surface area contributed by atoms with Crippen molar-refractivity contribution in [2.24, 2.45) is 5.92 Å². The second-order valence-corrected chi connectivity index (χ2v) is 7.98. The van der Waals surface area contributed by atoms with E-state index in [9.17, 15) is 18.3 Å². The molecule has 1 aliphatic rings. The molecule has 0 amide bonds. The Balaban J connectivity index is 2.43. The fourth-order valence-electron chi connectivity index (χ4n) is 2.73. The summed E-state index contributed by atoms with van der Waals surface area (Å²) in [7, 11) is -3.71. The van der Waals surface area contributed by atoms with E-state index in [2.05, 4.69) is 15.9 Å². The number of aliphatic carboxylic acids is 1. The molecule has 1 aromatic rings. The molecule has 1 N–H and O–H groups in total. The number of piperidine rings is 1. The lowest BCUT2D eigenvalue weighted by Gasteiger charge is -2.36. The Kier molecular flexibility index (Phi) is 4.75. The van der Waals surface area contributed by atoms with E-state index < -0.39 is 28.0 Å². The summed E-state index contributed by atoms with van der Waals surface area (Å²) >= 11 is 3.32. The number of carboxylic acids is 1. The highest BCUT2D eigenvalue weighted by molar-refractivity contribution is 9.10. The van der Waals surface area contributed by atoms with Crippen LogP contribution in [0, 0.1) is 12.8 Å². The Morgan fingerprint density at radius 1 is 1.43 bits per heavy atom. The van der Waals surface area contributed by atoms with E-state index in [0.717, 1.165) is 5.56 Å². The van der Waals surface area contributed by atoms with Gasteiger partial charge >= 0.3 is 5.97 Å². The van der Waals surface area contributed by atoms with Gasteiger partial charge < -0.3 is 5.11 Å². The molecule has 21 heavy (non-hydrogen) atoms.